The molecule has 0 spiro atoms. The number of thioether (sulfide) groups is 1. The number of hydrogen-bond donors (Lipinski definition) is 0. The Balaban J connectivity index is 1.65. The summed E-state index contributed by atoms with van der Waals surface area (Å²) in [5, 5.41) is 9.52. The molecule has 0 N–H and O–H groups in total. The van der Waals surface area contributed by atoms with Crippen LogP contribution in [0.25, 0.3) is 5.69 Å². The zero-order valence-electron chi connectivity index (χ0n) is 15.5. The first-order valence-corrected chi connectivity index (χ1v) is 10.0. The number of hydrogen-bond acceptors (Lipinski definition) is 6. The Hall–Kier alpha value is -2.58. The fraction of sp³-hybridized carbons (Fsp3) is 0.300. The van der Waals surface area contributed by atoms with E-state index in [-0.39, 0.29) is 5.82 Å². The first kappa shape index (κ1) is 18.8. The normalized spacial score (nSPS) is 14.3. The number of methoxy groups -OCH3 is 1. The van der Waals surface area contributed by atoms with Crippen LogP contribution in [0.3, 0.4) is 0 Å². The van der Waals surface area contributed by atoms with Gasteiger partial charge in [0, 0.05) is 18.8 Å². The van der Waals surface area contributed by atoms with Crippen molar-refractivity contribution in [3.63, 3.8) is 0 Å². The molecule has 1 saturated heterocycles. The van der Waals surface area contributed by atoms with Gasteiger partial charge in [0.1, 0.15) is 11.6 Å². The number of halogens is 1. The van der Waals surface area contributed by atoms with E-state index in [1.165, 1.54) is 12.1 Å². The first-order chi connectivity index (χ1) is 13.7. The maximum atomic E-state index is 13.9. The Morgan fingerprint density at radius 2 is 1.93 bits per heavy atom. The lowest BCUT2D eigenvalue weighted by Crippen LogP contribution is -2.37. The van der Waals surface area contributed by atoms with Gasteiger partial charge >= 0.3 is 0 Å². The van der Waals surface area contributed by atoms with Gasteiger partial charge in [-0.25, -0.2) is 4.39 Å². The molecule has 8 heteroatoms. The quantitative estimate of drug-likeness (QED) is 0.590. The minimum absolute atomic E-state index is 0.289. The molecule has 0 atom stereocenters. The van der Waals surface area contributed by atoms with Crippen LogP contribution >= 0.6 is 11.8 Å². The summed E-state index contributed by atoms with van der Waals surface area (Å²) in [5.74, 6) is 1.94. The van der Waals surface area contributed by atoms with Gasteiger partial charge in [0.25, 0.3) is 0 Å². The van der Waals surface area contributed by atoms with Crippen molar-refractivity contribution >= 4 is 17.7 Å². The fourth-order valence-electron chi connectivity index (χ4n) is 3.08. The smallest absolute Gasteiger partial charge is 0.232 e. The molecular formula is C20H21FN4O2S. The van der Waals surface area contributed by atoms with E-state index < -0.39 is 0 Å². The van der Waals surface area contributed by atoms with Crippen LogP contribution in [0.5, 0.6) is 5.75 Å². The third-order valence-corrected chi connectivity index (χ3v) is 5.48. The molecule has 4 rings (SSSR count). The monoisotopic (exact) mass is 400 g/mol. The van der Waals surface area contributed by atoms with Crippen LogP contribution in [0.4, 0.5) is 10.3 Å². The summed E-state index contributed by atoms with van der Waals surface area (Å²) in [5.41, 5.74) is 1.82. The van der Waals surface area contributed by atoms with Crippen molar-refractivity contribution in [2.75, 3.05) is 38.3 Å². The highest BCUT2D eigenvalue weighted by molar-refractivity contribution is 7.98. The van der Waals surface area contributed by atoms with E-state index in [0.717, 1.165) is 29.6 Å². The van der Waals surface area contributed by atoms with Crippen LogP contribution in [0.15, 0.2) is 53.7 Å². The molecule has 1 fully saturated rings. The van der Waals surface area contributed by atoms with Crippen LogP contribution in [-0.4, -0.2) is 48.2 Å². The van der Waals surface area contributed by atoms with Gasteiger partial charge in [-0.3, -0.25) is 4.57 Å². The number of ether oxygens (including phenoxy) is 2. The highest BCUT2D eigenvalue weighted by Crippen LogP contribution is 2.30. The van der Waals surface area contributed by atoms with E-state index in [1.807, 2.05) is 34.9 Å². The average Bonchev–Trinajstić information content (AvgIpc) is 3.17. The van der Waals surface area contributed by atoms with Crippen molar-refractivity contribution < 1.29 is 13.9 Å². The molecule has 1 aliphatic heterocycles. The molecule has 0 aliphatic carbocycles. The molecule has 0 saturated carbocycles. The summed E-state index contributed by atoms with van der Waals surface area (Å²) >= 11 is 1.56. The van der Waals surface area contributed by atoms with Crippen molar-refractivity contribution in [3.8, 4) is 11.4 Å². The van der Waals surface area contributed by atoms with Crippen LogP contribution in [0.2, 0.25) is 0 Å². The summed E-state index contributed by atoms with van der Waals surface area (Å²) in [6.07, 6.45) is 0. The van der Waals surface area contributed by atoms with Crippen LogP contribution in [0, 0.1) is 5.82 Å². The lowest BCUT2D eigenvalue weighted by Gasteiger charge is -2.27. The summed E-state index contributed by atoms with van der Waals surface area (Å²) in [4.78, 5) is 2.12. The fourth-order valence-corrected chi connectivity index (χ4v) is 3.97. The van der Waals surface area contributed by atoms with Gasteiger partial charge in [0.15, 0.2) is 5.16 Å². The van der Waals surface area contributed by atoms with E-state index in [9.17, 15) is 4.39 Å². The molecule has 2 aromatic carbocycles. The van der Waals surface area contributed by atoms with Crippen molar-refractivity contribution in [3.05, 3.63) is 59.9 Å². The summed E-state index contributed by atoms with van der Waals surface area (Å²) < 4.78 is 26.5. The molecular weight excluding hydrogens is 379 g/mol. The largest absolute Gasteiger partial charge is 0.497 e. The predicted molar refractivity (Wildman–Crippen MR) is 107 cm³/mol. The molecule has 28 heavy (non-hydrogen) atoms. The molecule has 6 nitrogen and oxygen atoms in total. The Bertz CT molecular complexity index is 943. The van der Waals surface area contributed by atoms with E-state index in [0.29, 0.717) is 30.6 Å². The lowest BCUT2D eigenvalue weighted by atomic mass is 10.2. The second-order valence-corrected chi connectivity index (χ2v) is 7.28. The predicted octanol–water partition coefficient (Wildman–Crippen LogP) is 3.54. The molecule has 0 radical (unpaired) electrons. The molecule has 2 heterocycles. The van der Waals surface area contributed by atoms with Gasteiger partial charge < -0.3 is 14.4 Å². The van der Waals surface area contributed by atoms with E-state index >= 15 is 0 Å². The van der Waals surface area contributed by atoms with Gasteiger partial charge in [-0.05, 0) is 35.9 Å². The SMILES string of the molecule is COc1cccc(CSc2nnc(N3CCOCC3)n2-c2cccc(F)c2)c1. The van der Waals surface area contributed by atoms with Gasteiger partial charge in [0.05, 0.1) is 26.0 Å². The molecule has 0 unspecified atom stereocenters. The Morgan fingerprint density at radius 3 is 2.71 bits per heavy atom. The molecule has 0 amide bonds. The van der Waals surface area contributed by atoms with Crippen molar-refractivity contribution in [2.24, 2.45) is 0 Å². The number of nitrogens with zero attached hydrogens (tertiary/aromatic N) is 4. The minimum atomic E-state index is -0.289. The van der Waals surface area contributed by atoms with Gasteiger partial charge in [-0.2, -0.15) is 0 Å². The highest BCUT2D eigenvalue weighted by Gasteiger charge is 2.22. The second kappa shape index (κ2) is 8.62. The summed E-state index contributed by atoms with van der Waals surface area (Å²) in [7, 11) is 1.65. The van der Waals surface area contributed by atoms with Gasteiger partial charge in [-0.1, -0.05) is 30.0 Å². The zero-order valence-corrected chi connectivity index (χ0v) is 16.4. The number of benzene rings is 2. The maximum Gasteiger partial charge on any atom is 0.232 e. The maximum absolute atomic E-state index is 13.9. The average molecular weight is 400 g/mol. The van der Waals surface area contributed by atoms with Crippen LogP contribution < -0.4 is 9.64 Å². The lowest BCUT2D eigenvalue weighted by molar-refractivity contribution is 0.122. The van der Waals surface area contributed by atoms with E-state index in [1.54, 1.807) is 24.9 Å². The number of rotatable bonds is 6. The zero-order chi connectivity index (χ0) is 19.3. The Labute approximate surface area is 167 Å². The Morgan fingerprint density at radius 1 is 1.11 bits per heavy atom. The summed E-state index contributed by atoms with van der Waals surface area (Å²) in [6, 6.07) is 14.4. The van der Waals surface area contributed by atoms with Gasteiger partial charge in [0.2, 0.25) is 5.95 Å². The van der Waals surface area contributed by atoms with E-state index in [4.69, 9.17) is 9.47 Å². The molecule has 0 bridgehead atoms. The standard InChI is InChI=1S/C20H21FN4O2S/c1-26-18-7-2-4-15(12-18)14-28-20-23-22-19(24-8-10-27-11-9-24)25(20)17-6-3-5-16(21)13-17/h2-7,12-13H,8-11,14H2,1H3. The van der Waals surface area contributed by atoms with Crippen molar-refractivity contribution in [1.82, 2.24) is 14.8 Å². The molecule has 146 valence electrons. The number of aromatic nitrogens is 3. The molecule has 1 aliphatic rings. The van der Waals surface area contributed by atoms with Crippen LogP contribution in [-0.2, 0) is 10.5 Å². The molecule has 3 aromatic rings. The third kappa shape index (κ3) is 4.13. The number of anilines is 1. The van der Waals surface area contributed by atoms with Crippen molar-refractivity contribution in [1.29, 1.82) is 0 Å². The summed E-state index contributed by atoms with van der Waals surface area (Å²) in [6.45, 7) is 2.74. The second-order valence-electron chi connectivity index (χ2n) is 6.34. The van der Waals surface area contributed by atoms with Crippen LogP contribution in [0.1, 0.15) is 5.56 Å². The third-order valence-electron chi connectivity index (χ3n) is 4.48. The van der Waals surface area contributed by atoms with Gasteiger partial charge in [-0.15, -0.1) is 10.2 Å². The topological polar surface area (TPSA) is 52.4 Å². The van der Waals surface area contributed by atoms with Crippen molar-refractivity contribution in [2.45, 2.75) is 10.9 Å². The Kier molecular flexibility index (Phi) is 5.78. The minimum Gasteiger partial charge on any atom is -0.497 e. The first-order valence-electron chi connectivity index (χ1n) is 9.04. The number of morpholine rings is 1. The molecule has 1 aromatic heterocycles. The van der Waals surface area contributed by atoms with E-state index in [2.05, 4.69) is 15.1 Å². The highest BCUT2D eigenvalue weighted by atomic mass is 32.2.